The number of likely N-dealkylation sites (tertiary alicyclic amines) is 1. The summed E-state index contributed by atoms with van der Waals surface area (Å²) in [4.78, 5) is 50.3. The first-order valence-electron chi connectivity index (χ1n) is 10.8. The number of rotatable bonds is 4. The number of piperidine rings is 1. The SMILES string of the molecule is CN(C)CCn1nc2n(c(=O)c1=O)CCC21CCN(C(=O)c2ccsc2)CC1.O=C(O)C(F)(F)F. The van der Waals surface area contributed by atoms with Crippen LogP contribution in [0.15, 0.2) is 26.4 Å². The predicted molar refractivity (Wildman–Crippen MR) is 121 cm³/mol. The van der Waals surface area contributed by atoms with E-state index in [-0.39, 0.29) is 11.3 Å². The molecule has 0 saturated carbocycles. The first-order chi connectivity index (χ1) is 16.4. The third-order valence-electron chi connectivity index (χ3n) is 6.20. The highest BCUT2D eigenvalue weighted by atomic mass is 32.1. The lowest BCUT2D eigenvalue weighted by Gasteiger charge is -2.38. The molecule has 14 heteroatoms. The number of carboxylic acid groups (broad SMARTS) is 1. The van der Waals surface area contributed by atoms with Crippen LogP contribution in [0, 0.1) is 0 Å². The summed E-state index contributed by atoms with van der Waals surface area (Å²) in [6, 6.07) is 1.85. The largest absolute Gasteiger partial charge is 0.490 e. The second kappa shape index (κ2) is 10.3. The van der Waals surface area contributed by atoms with Gasteiger partial charge in [0, 0.05) is 37.0 Å². The Hall–Kier alpha value is -3.00. The number of thiophene rings is 1. The number of aromatic nitrogens is 3. The van der Waals surface area contributed by atoms with Gasteiger partial charge in [-0.15, -0.1) is 0 Å². The average molecular weight is 518 g/mol. The molecule has 0 bridgehead atoms. The van der Waals surface area contributed by atoms with E-state index in [1.807, 2.05) is 40.7 Å². The molecule has 1 saturated heterocycles. The number of hydrogen-bond acceptors (Lipinski definition) is 7. The quantitative estimate of drug-likeness (QED) is 0.607. The molecule has 1 amide bonds. The molecule has 2 aromatic heterocycles. The highest BCUT2D eigenvalue weighted by Gasteiger charge is 2.45. The van der Waals surface area contributed by atoms with E-state index in [1.54, 1.807) is 4.57 Å². The van der Waals surface area contributed by atoms with Crippen LogP contribution in [0.5, 0.6) is 0 Å². The maximum absolute atomic E-state index is 12.6. The lowest BCUT2D eigenvalue weighted by molar-refractivity contribution is -0.192. The molecular formula is C21H26F3N5O5S. The molecule has 2 aliphatic rings. The molecule has 2 aliphatic heterocycles. The number of halogens is 3. The van der Waals surface area contributed by atoms with Crippen molar-refractivity contribution in [2.45, 2.75) is 43.9 Å². The van der Waals surface area contributed by atoms with Crippen molar-refractivity contribution in [1.29, 1.82) is 0 Å². The van der Waals surface area contributed by atoms with Crippen LogP contribution in [-0.4, -0.2) is 81.0 Å². The van der Waals surface area contributed by atoms with Gasteiger partial charge >= 0.3 is 23.3 Å². The number of aliphatic carboxylic acids is 1. The summed E-state index contributed by atoms with van der Waals surface area (Å²) in [6.45, 7) is 2.85. The molecule has 0 radical (unpaired) electrons. The molecule has 1 N–H and O–H groups in total. The maximum atomic E-state index is 12.6. The van der Waals surface area contributed by atoms with Gasteiger partial charge in [-0.3, -0.25) is 19.0 Å². The number of hydrogen-bond donors (Lipinski definition) is 1. The minimum Gasteiger partial charge on any atom is -0.475 e. The molecule has 1 spiro atoms. The summed E-state index contributed by atoms with van der Waals surface area (Å²) in [6.07, 6.45) is -2.75. The minimum absolute atomic E-state index is 0.0652. The van der Waals surface area contributed by atoms with Gasteiger partial charge < -0.3 is 14.9 Å². The van der Waals surface area contributed by atoms with E-state index >= 15 is 0 Å². The van der Waals surface area contributed by atoms with E-state index in [4.69, 9.17) is 9.90 Å². The predicted octanol–water partition coefficient (Wildman–Crippen LogP) is 1.24. The second-order valence-electron chi connectivity index (χ2n) is 8.75. The number of fused-ring (bicyclic) bond motifs is 2. The zero-order chi connectivity index (χ0) is 26.0. The number of alkyl halides is 3. The van der Waals surface area contributed by atoms with Gasteiger partial charge in [-0.05, 0) is 44.8 Å². The van der Waals surface area contributed by atoms with Crippen molar-refractivity contribution in [3.05, 3.63) is 48.9 Å². The van der Waals surface area contributed by atoms with Crippen molar-refractivity contribution >= 4 is 23.2 Å². The molecule has 192 valence electrons. The van der Waals surface area contributed by atoms with Gasteiger partial charge in [0.2, 0.25) is 0 Å². The van der Waals surface area contributed by atoms with E-state index in [0.717, 1.165) is 30.7 Å². The summed E-state index contributed by atoms with van der Waals surface area (Å²) >= 11 is 1.52. The van der Waals surface area contributed by atoms with Gasteiger partial charge in [-0.1, -0.05) is 0 Å². The fraction of sp³-hybridized carbons (Fsp3) is 0.571. The molecule has 2 aromatic rings. The van der Waals surface area contributed by atoms with Crippen LogP contribution in [0.2, 0.25) is 0 Å². The van der Waals surface area contributed by atoms with E-state index in [1.165, 1.54) is 16.0 Å². The molecule has 4 rings (SSSR count). The molecule has 10 nitrogen and oxygen atoms in total. The fourth-order valence-electron chi connectivity index (χ4n) is 4.20. The first kappa shape index (κ1) is 26.6. The zero-order valence-electron chi connectivity index (χ0n) is 19.2. The third kappa shape index (κ3) is 5.81. The molecule has 35 heavy (non-hydrogen) atoms. The normalized spacial score (nSPS) is 16.7. The Balaban J connectivity index is 0.000000429. The number of likely N-dealkylation sites (N-methyl/N-ethyl adjacent to an activating group) is 1. The van der Waals surface area contributed by atoms with Gasteiger partial charge in [-0.2, -0.15) is 29.6 Å². The Morgan fingerprint density at radius 3 is 2.26 bits per heavy atom. The van der Waals surface area contributed by atoms with Crippen molar-refractivity contribution < 1.29 is 27.9 Å². The lowest BCUT2D eigenvalue weighted by Crippen LogP contribution is -2.48. The van der Waals surface area contributed by atoms with Crippen LogP contribution in [0.1, 0.15) is 35.4 Å². The van der Waals surface area contributed by atoms with Gasteiger partial charge in [0.05, 0.1) is 12.1 Å². The maximum Gasteiger partial charge on any atom is 0.490 e. The Morgan fingerprint density at radius 1 is 1.14 bits per heavy atom. The molecule has 0 unspecified atom stereocenters. The number of amides is 1. The van der Waals surface area contributed by atoms with Crippen molar-refractivity contribution in [3.8, 4) is 0 Å². The van der Waals surface area contributed by atoms with Gasteiger partial charge in [0.25, 0.3) is 5.91 Å². The van der Waals surface area contributed by atoms with Crippen LogP contribution in [0.4, 0.5) is 13.2 Å². The number of nitrogens with zero attached hydrogens (tertiary/aromatic N) is 5. The molecular weight excluding hydrogens is 491 g/mol. The molecule has 4 heterocycles. The highest BCUT2D eigenvalue weighted by Crippen LogP contribution is 2.41. The first-order valence-corrected chi connectivity index (χ1v) is 11.8. The minimum atomic E-state index is -5.08. The third-order valence-corrected chi connectivity index (χ3v) is 6.88. The molecule has 0 aromatic carbocycles. The second-order valence-corrected chi connectivity index (χ2v) is 9.53. The van der Waals surface area contributed by atoms with Gasteiger partial charge in [-0.25, -0.2) is 9.48 Å². The monoisotopic (exact) mass is 517 g/mol. The summed E-state index contributed by atoms with van der Waals surface area (Å²) in [5.41, 5.74) is -0.511. The smallest absolute Gasteiger partial charge is 0.475 e. The Bertz CT molecular complexity index is 1180. The molecule has 1 fully saturated rings. The summed E-state index contributed by atoms with van der Waals surface area (Å²) in [5.74, 6) is -1.97. The topological polar surface area (TPSA) is 118 Å². The average Bonchev–Trinajstić information content (AvgIpc) is 3.44. The van der Waals surface area contributed by atoms with Gasteiger partial charge in [0.15, 0.2) is 0 Å². The molecule has 0 atom stereocenters. The fourth-order valence-corrected chi connectivity index (χ4v) is 4.83. The van der Waals surface area contributed by atoms with Crippen LogP contribution >= 0.6 is 11.3 Å². The standard InChI is InChI=1S/C19H25N5O3S.C2HF3O2/c1-21(2)10-11-24-17(27)16(26)23-9-6-19(18(23)20-24)4-7-22(8-5-19)15(25)14-3-12-28-13-14;3-2(4,5)1(6)7/h3,12-13H,4-11H2,1-2H3;(H,6,7). The Kier molecular flexibility index (Phi) is 7.84. The van der Waals surface area contributed by atoms with Crippen molar-refractivity contribution in [2.24, 2.45) is 0 Å². The van der Waals surface area contributed by atoms with Crippen molar-refractivity contribution in [3.63, 3.8) is 0 Å². The zero-order valence-corrected chi connectivity index (χ0v) is 20.1. The molecule has 0 aliphatic carbocycles. The Morgan fingerprint density at radius 2 is 1.74 bits per heavy atom. The Labute approximate surface area is 202 Å². The summed E-state index contributed by atoms with van der Waals surface area (Å²) in [5, 5.41) is 15.5. The highest BCUT2D eigenvalue weighted by molar-refractivity contribution is 7.08. The van der Waals surface area contributed by atoms with E-state index in [9.17, 15) is 27.6 Å². The van der Waals surface area contributed by atoms with Crippen molar-refractivity contribution in [1.82, 2.24) is 24.1 Å². The van der Waals surface area contributed by atoms with E-state index in [0.29, 0.717) is 32.7 Å². The van der Waals surface area contributed by atoms with Crippen LogP contribution in [0.25, 0.3) is 0 Å². The number of carbonyl (C=O) groups is 2. The van der Waals surface area contributed by atoms with E-state index < -0.39 is 23.3 Å². The van der Waals surface area contributed by atoms with E-state index in [2.05, 4.69) is 5.10 Å². The summed E-state index contributed by atoms with van der Waals surface area (Å²) < 4.78 is 34.6. The van der Waals surface area contributed by atoms with Crippen LogP contribution < -0.4 is 11.1 Å². The number of carboxylic acids is 1. The van der Waals surface area contributed by atoms with Crippen LogP contribution in [-0.2, 0) is 23.3 Å². The lowest BCUT2D eigenvalue weighted by atomic mass is 9.76. The van der Waals surface area contributed by atoms with Gasteiger partial charge in [0.1, 0.15) is 5.82 Å². The summed E-state index contributed by atoms with van der Waals surface area (Å²) in [7, 11) is 3.85. The van der Waals surface area contributed by atoms with Crippen molar-refractivity contribution in [2.75, 3.05) is 33.7 Å². The number of carbonyl (C=O) groups excluding carboxylic acids is 1. The van der Waals surface area contributed by atoms with Crippen LogP contribution in [0.3, 0.4) is 0 Å².